The van der Waals surface area contributed by atoms with Crippen LogP contribution in [0.1, 0.15) is 28.4 Å². The zero-order valence-electron chi connectivity index (χ0n) is 17.2. The van der Waals surface area contributed by atoms with E-state index in [1.165, 1.54) is 30.2 Å². The van der Waals surface area contributed by atoms with Crippen molar-refractivity contribution in [2.24, 2.45) is 0 Å². The Labute approximate surface area is 197 Å². The van der Waals surface area contributed by atoms with E-state index < -0.39 is 17.8 Å². The highest BCUT2D eigenvalue weighted by Gasteiger charge is 2.30. The highest BCUT2D eigenvalue weighted by atomic mass is 79.9. The number of carboxylic acid groups (broad SMARTS) is 1. The summed E-state index contributed by atoms with van der Waals surface area (Å²) >= 11 is 8.40. The van der Waals surface area contributed by atoms with E-state index in [-0.39, 0.29) is 22.9 Å². The molecule has 0 saturated carbocycles. The number of benzene rings is 2. The number of thiocarbonyl (C=S) groups is 1. The number of nitrogens with zero attached hydrogens (tertiary/aromatic N) is 1. The fraction of sp³-hybridized carbons (Fsp3) is 0.182. The largest absolute Gasteiger partial charge is 0.490 e. The Balaban J connectivity index is 1.90. The molecule has 8 nitrogen and oxygen atoms in total. The molecule has 2 aromatic rings. The van der Waals surface area contributed by atoms with Crippen molar-refractivity contribution in [1.82, 2.24) is 10.2 Å². The van der Waals surface area contributed by atoms with Crippen LogP contribution in [0.2, 0.25) is 0 Å². The summed E-state index contributed by atoms with van der Waals surface area (Å²) in [4.78, 5) is 37.0. The van der Waals surface area contributed by atoms with Crippen molar-refractivity contribution < 1.29 is 29.0 Å². The van der Waals surface area contributed by atoms with Gasteiger partial charge in [-0.05, 0) is 76.5 Å². The molecule has 3 rings (SSSR count). The minimum absolute atomic E-state index is 0.0454. The van der Waals surface area contributed by atoms with Gasteiger partial charge in [0.2, 0.25) is 0 Å². The molecule has 2 amide bonds. The van der Waals surface area contributed by atoms with Crippen LogP contribution >= 0.6 is 28.1 Å². The van der Waals surface area contributed by atoms with Gasteiger partial charge in [0.15, 0.2) is 16.6 Å². The normalized spacial score (nSPS) is 15.0. The van der Waals surface area contributed by atoms with E-state index in [0.717, 1.165) is 0 Å². The summed E-state index contributed by atoms with van der Waals surface area (Å²) < 4.78 is 12.1. The molecule has 0 unspecified atom stereocenters. The number of ether oxygens (including phenoxy) is 2. The minimum Gasteiger partial charge on any atom is -0.490 e. The molecule has 1 fully saturated rings. The molecule has 1 heterocycles. The summed E-state index contributed by atoms with van der Waals surface area (Å²) in [7, 11) is 1.48. The predicted molar refractivity (Wildman–Crippen MR) is 125 cm³/mol. The maximum absolute atomic E-state index is 12.4. The first-order valence-electron chi connectivity index (χ1n) is 9.47. The topological polar surface area (TPSA) is 105 Å². The summed E-state index contributed by atoms with van der Waals surface area (Å²) in [5.74, 6) is -1.30. The van der Waals surface area contributed by atoms with Gasteiger partial charge in [-0.25, -0.2) is 4.79 Å². The number of amides is 2. The minimum atomic E-state index is -1.02. The third-order valence-corrected chi connectivity index (χ3v) is 5.47. The Hall–Kier alpha value is -3.24. The smallest absolute Gasteiger partial charge is 0.335 e. The molecular weight excluding hydrogens is 500 g/mol. The number of halogens is 1. The summed E-state index contributed by atoms with van der Waals surface area (Å²) in [6.07, 6.45) is 1.45. The maximum atomic E-state index is 12.4. The first-order valence-corrected chi connectivity index (χ1v) is 10.7. The summed E-state index contributed by atoms with van der Waals surface area (Å²) in [5.41, 5.74) is 1.32. The van der Waals surface area contributed by atoms with Gasteiger partial charge in [-0.1, -0.05) is 12.1 Å². The van der Waals surface area contributed by atoms with E-state index in [0.29, 0.717) is 33.7 Å². The molecule has 0 aromatic heterocycles. The van der Waals surface area contributed by atoms with Crippen molar-refractivity contribution in [1.29, 1.82) is 0 Å². The number of carbonyl (C=O) groups is 3. The first-order chi connectivity index (χ1) is 15.2. The number of rotatable bonds is 7. The van der Waals surface area contributed by atoms with Crippen LogP contribution in [0.5, 0.6) is 11.5 Å². The molecule has 0 spiro atoms. The van der Waals surface area contributed by atoms with E-state index >= 15 is 0 Å². The zero-order chi connectivity index (χ0) is 23.4. The Morgan fingerprint density at radius 1 is 1.25 bits per heavy atom. The van der Waals surface area contributed by atoms with Crippen LogP contribution in [-0.4, -0.2) is 46.6 Å². The standard InChI is InChI=1S/C22H19BrN2O6S/c1-3-30-17-10-13(8-15-19(26)24-22(32)25(2)20(15)27)9-16(23)18(17)31-11-12-5-4-6-14(7-12)21(28)29/h4-10H,3,11H2,1-2H3,(H,28,29)(H,24,26,32)/b15-8+. The van der Waals surface area contributed by atoms with Crippen LogP contribution < -0.4 is 14.8 Å². The molecule has 166 valence electrons. The van der Waals surface area contributed by atoms with Crippen molar-refractivity contribution in [3.8, 4) is 11.5 Å². The number of nitrogens with one attached hydrogen (secondary N) is 1. The monoisotopic (exact) mass is 518 g/mol. The van der Waals surface area contributed by atoms with E-state index in [2.05, 4.69) is 21.2 Å². The van der Waals surface area contributed by atoms with Crippen molar-refractivity contribution in [3.63, 3.8) is 0 Å². The van der Waals surface area contributed by atoms with E-state index in [1.807, 2.05) is 6.92 Å². The Kier molecular flexibility index (Phi) is 7.26. The molecule has 0 atom stereocenters. The predicted octanol–water partition coefficient (Wildman–Crippen LogP) is 3.38. The molecule has 1 aliphatic heterocycles. The molecule has 2 aromatic carbocycles. The highest BCUT2D eigenvalue weighted by Crippen LogP contribution is 2.38. The van der Waals surface area contributed by atoms with Gasteiger partial charge in [0.25, 0.3) is 11.8 Å². The Morgan fingerprint density at radius 3 is 2.69 bits per heavy atom. The van der Waals surface area contributed by atoms with Gasteiger partial charge in [-0.2, -0.15) is 0 Å². The van der Waals surface area contributed by atoms with Gasteiger partial charge in [0, 0.05) is 7.05 Å². The van der Waals surface area contributed by atoms with Crippen LogP contribution in [0.3, 0.4) is 0 Å². The van der Waals surface area contributed by atoms with Crippen molar-refractivity contribution in [3.05, 3.63) is 63.1 Å². The molecule has 10 heteroatoms. The van der Waals surface area contributed by atoms with Gasteiger partial charge in [0.1, 0.15) is 12.2 Å². The van der Waals surface area contributed by atoms with E-state index in [9.17, 15) is 14.4 Å². The van der Waals surface area contributed by atoms with Crippen LogP contribution in [-0.2, 0) is 16.2 Å². The molecule has 0 bridgehead atoms. The zero-order valence-corrected chi connectivity index (χ0v) is 19.6. The van der Waals surface area contributed by atoms with Crippen molar-refractivity contribution in [2.45, 2.75) is 13.5 Å². The average Bonchev–Trinajstić information content (AvgIpc) is 2.75. The second-order valence-corrected chi connectivity index (χ2v) is 7.98. The number of aromatic carboxylic acids is 1. The third-order valence-electron chi connectivity index (χ3n) is 4.50. The fourth-order valence-electron chi connectivity index (χ4n) is 2.94. The molecule has 0 radical (unpaired) electrons. The van der Waals surface area contributed by atoms with Gasteiger partial charge in [-0.3, -0.25) is 19.8 Å². The fourth-order valence-corrected chi connectivity index (χ4v) is 3.69. The van der Waals surface area contributed by atoms with E-state index in [1.54, 1.807) is 24.3 Å². The second-order valence-electron chi connectivity index (χ2n) is 6.74. The number of carboxylic acids is 1. The third kappa shape index (κ3) is 5.14. The van der Waals surface area contributed by atoms with Crippen molar-refractivity contribution in [2.75, 3.05) is 13.7 Å². The van der Waals surface area contributed by atoms with Gasteiger partial charge in [0.05, 0.1) is 16.6 Å². The molecule has 2 N–H and O–H groups in total. The molecular formula is C22H19BrN2O6S. The molecule has 1 aliphatic rings. The summed E-state index contributed by atoms with van der Waals surface area (Å²) in [6, 6.07) is 9.77. The first kappa shape index (κ1) is 23.4. The molecule has 1 saturated heterocycles. The number of carbonyl (C=O) groups excluding carboxylic acids is 2. The Morgan fingerprint density at radius 2 is 2.00 bits per heavy atom. The van der Waals surface area contributed by atoms with Crippen LogP contribution in [0, 0.1) is 0 Å². The van der Waals surface area contributed by atoms with Crippen LogP contribution in [0.4, 0.5) is 0 Å². The number of hydrogen-bond donors (Lipinski definition) is 2. The summed E-state index contributed by atoms with van der Waals surface area (Å²) in [5, 5.41) is 11.7. The number of likely N-dealkylation sites (N-methyl/N-ethyl adjacent to an activating group) is 1. The maximum Gasteiger partial charge on any atom is 0.335 e. The molecule has 32 heavy (non-hydrogen) atoms. The SMILES string of the molecule is CCOc1cc(/C=C2\C(=O)NC(=S)N(C)C2=O)cc(Br)c1OCc1cccc(C(=O)O)c1. The van der Waals surface area contributed by atoms with Gasteiger partial charge < -0.3 is 14.6 Å². The highest BCUT2D eigenvalue weighted by molar-refractivity contribution is 9.10. The van der Waals surface area contributed by atoms with Crippen LogP contribution in [0.15, 0.2) is 46.4 Å². The lowest BCUT2D eigenvalue weighted by Crippen LogP contribution is -2.52. The van der Waals surface area contributed by atoms with E-state index in [4.69, 9.17) is 26.8 Å². The lowest BCUT2D eigenvalue weighted by molar-refractivity contribution is -0.128. The van der Waals surface area contributed by atoms with Crippen LogP contribution in [0.25, 0.3) is 6.08 Å². The lowest BCUT2D eigenvalue weighted by atomic mass is 10.1. The molecule has 0 aliphatic carbocycles. The van der Waals surface area contributed by atoms with Crippen molar-refractivity contribution >= 4 is 57.1 Å². The quantitative estimate of drug-likeness (QED) is 0.328. The number of hydrogen-bond acceptors (Lipinski definition) is 6. The average molecular weight is 519 g/mol. The second kappa shape index (κ2) is 9.92. The summed E-state index contributed by atoms with van der Waals surface area (Å²) in [6.45, 7) is 2.28. The van der Waals surface area contributed by atoms with Gasteiger partial charge in [-0.15, -0.1) is 0 Å². The van der Waals surface area contributed by atoms with Gasteiger partial charge >= 0.3 is 5.97 Å². The lowest BCUT2D eigenvalue weighted by Gasteiger charge is -2.25. The Bertz CT molecular complexity index is 1150.